The van der Waals surface area contributed by atoms with Gasteiger partial charge in [-0.1, -0.05) is 12.1 Å². The van der Waals surface area contributed by atoms with E-state index in [1.165, 1.54) is 69.0 Å². The van der Waals surface area contributed by atoms with Crippen LogP contribution in [0.5, 0.6) is 11.5 Å². The van der Waals surface area contributed by atoms with Gasteiger partial charge < -0.3 is 28.5 Å². The quantitative estimate of drug-likeness (QED) is 0.258. The molecule has 198 valence electrons. The molecule has 1 heterocycles. The molecule has 0 aliphatic rings. The lowest BCUT2D eigenvalue weighted by Crippen LogP contribution is -2.54. The zero-order valence-corrected chi connectivity index (χ0v) is 20.0. The van der Waals surface area contributed by atoms with Crippen molar-refractivity contribution < 1.29 is 52.4 Å². The summed E-state index contributed by atoms with van der Waals surface area (Å²) in [4.78, 5) is 62.7. The van der Waals surface area contributed by atoms with E-state index in [1.54, 1.807) is 12.1 Å². The predicted octanol–water partition coefficient (Wildman–Crippen LogP) is 1.59. The van der Waals surface area contributed by atoms with Crippen molar-refractivity contribution in [3.8, 4) is 11.5 Å². The molecule has 0 saturated heterocycles. The lowest BCUT2D eigenvalue weighted by atomic mass is 10.1. The second-order valence-electron chi connectivity index (χ2n) is 7.37. The summed E-state index contributed by atoms with van der Waals surface area (Å²) in [7, 11) is 2.72. The highest BCUT2D eigenvalue weighted by atomic mass is 16.6. The molecule has 13 heteroatoms. The van der Waals surface area contributed by atoms with E-state index in [0.717, 1.165) is 0 Å². The molecule has 0 saturated carbocycles. The molecule has 0 radical (unpaired) electrons. The highest BCUT2D eigenvalue weighted by Gasteiger charge is 2.41. The number of esters is 2. The van der Waals surface area contributed by atoms with Gasteiger partial charge in [0.05, 0.1) is 31.6 Å². The van der Waals surface area contributed by atoms with E-state index in [-0.39, 0.29) is 28.4 Å². The molecule has 3 N–H and O–H groups in total. The minimum absolute atomic E-state index is 0.0926. The van der Waals surface area contributed by atoms with Gasteiger partial charge in [0.1, 0.15) is 11.5 Å². The second-order valence-corrected chi connectivity index (χ2v) is 7.37. The number of carboxylic acids is 1. The molecular weight excluding hydrogens is 504 g/mol. The van der Waals surface area contributed by atoms with Gasteiger partial charge in [-0.3, -0.25) is 20.4 Å². The Morgan fingerprint density at radius 3 is 1.79 bits per heavy atom. The number of amides is 2. The molecule has 38 heavy (non-hydrogen) atoms. The molecule has 0 aliphatic heterocycles. The zero-order chi connectivity index (χ0) is 27.7. The van der Waals surface area contributed by atoms with Crippen LogP contribution in [0.25, 0.3) is 0 Å². The minimum Gasteiger partial charge on any atom is -0.497 e. The van der Waals surface area contributed by atoms with Crippen LogP contribution in [0.3, 0.4) is 0 Å². The van der Waals surface area contributed by atoms with Gasteiger partial charge in [-0.15, -0.1) is 0 Å². The molecule has 2 aromatic carbocycles. The summed E-state index contributed by atoms with van der Waals surface area (Å²) in [5.41, 5.74) is 3.75. The number of methoxy groups -OCH3 is 2. The number of hydrogen-bond donors (Lipinski definition) is 3. The third kappa shape index (κ3) is 6.87. The van der Waals surface area contributed by atoms with E-state index in [9.17, 15) is 29.1 Å². The molecule has 2 amide bonds. The van der Waals surface area contributed by atoms with Crippen LogP contribution in [0.2, 0.25) is 0 Å². The molecule has 0 unspecified atom stereocenters. The standard InChI is InChI=1S/C25H22N2O11/c1-34-16-8-3-6-14(12-16)24(32)37-19(22(29)27-26-21(28)18-10-5-11-36-18)20(23(30)31)38-25(33)15-7-4-9-17(13-15)35-2/h3-13,19-20H,1-2H3,(H,26,28)(H,27,29)(H,30,31)/t19-,20+/m0/s1. The summed E-state index contributed by atoms with van der Waals surface area (Å²) < 4.78 is 25.2. The molecule has 1 aromatic heterocycles. The summed E-state index contributed by atoms with van der Waals surface area (Å²) in [5, 5.41) is 9.79. The average molecular weight is 526 g/mol. The van der Waals surface area contributed by atoms with Crippen LogP contribution in [-0.4, -0.2) is 61.3 Å². The van der Waals surface area contributed by atoms with Gasteiger partial charge in [0.2, 0.25) is 12.2 Å². The Labute approximate surface area is 215 Å². The van der Waals surface area contributed by atoms with Crippen molar-refractivity contribution in [2.45, 2.75) is 12.2 Å². The first kappa shape index (κ1) is 27.3. The van der Waals surface area contributed by atoms with E-state index < -0.39 is 41.9 Å². The van der Waals surface area contributed by atoms with Crippen LogP contribution in [0.1, 0.15) is 31.3 Å². The maximum atomic E-state index is 12.9. The third-order valence-electron chi connectivity index (χ3n) is 4.90. The fourth-order valence-electron chi connectivity index (χ4n) is 3.02. The van der Waals surface area contributed by atoms with Gasteiger partial charge in [-0.05, 0) is 48.5 Å². The Kier molecular flexibility index (Phi) is 9.02. The maximum absolute atomic E-state index is 12.9. The molecule has 0 aliphatic carbocycles. The summed E-state index contributed by atoms with van der Waals surface area (Å²) in [6.07, 6.45) is -3.34. The Bertz CT molecular complexity index is 1320. The number of ether oxygens (including phenoxy) is 4. The van der Waals surface area contributed by atoms with E-state index in [2.05, 4.69) is 0 Å². The van der Waals surface area contributed by atoms with Gasteiger partial charge in [-0.2, -0.15) is 0 Å². The van der Waals surface area contributed by atoms with Crippen LogP contribution in [0.4, 0.5) is 0 Å². The van der Waals surface area contributed by atoms with Crippen molar-refractivity contribution in [3.63, 3.8) is 0 Å². The number of carbonyl (C=O) groups excluding carboxylic acids is 4. The smallest absolute Gasteiger partial charge is 0.349 e. The van der Waals surface area contributed by atoms with Crippen molar-refractivity contribution in [2.75, 3.05) is 14.2 Å². The average Bonchev–Trinajstić information content (AvgIpc) is 3.48. The molecule has 0 bridgehead atoms. The number of hydrazine groups is 1. The number of carbonyl (C=O) groups is 5. The largest absolute Gasteiger partial charge is 0.497 e. The van der Waals surface area contributed by atoms with Crippen molar-refractivity contribution in [1.29, 1.82) is 0 Å². The molecule has 0 fully saturated rings. The number of furan rings is 1. The number of hydrogen-bond acceptors (Lipinski definition) is 10. The van der Waals surface area contributed by atoms with Crippen LogP contribution < -0.4 is 20.3 Å². The van der Waals surface area contributed by atoms with Crippen molar-refractivity contribution in [1.82, 2.24) is 10.9 Å². The molecule has 13 nitrogen and oxygen atoms in total. The van der Waals surface area contributed by atoms with Crippen molar-refractivity contribution in [3.05, 3.63) is 83.8 Å². The normalized spacial score (nSPS) is 11.8. The van der Waals surface area contributed by atoms with Crippen LogP contribution >= 0.6 is 0 Å². The Morgan fingerprint density at radius 2 is 1.32 bits per heavy atom. The first-order valence-electron chi connectivity index (χ1n) is 10.8. The summed E-state index contributed by atoms with van der Waals surface area (Å²) >= 11 is 0. The van der Waals surface area contributed by atoms with E-state index in [1.807, 2.05) is 10.9 Å². The van der Waals surface area contributed by atoms with Gasteiger partial charge in [0.15, 0.2) is 5.76 Å². The summed E-state index contributed by atoms with van der Waals surface area (Å²) in [5.74, 6) is -5.90. The fraction of sp³-hybridized carbons (Fsp3) is 0.160. The maximum Gasteiger partial charge on any atom is 0.349 e. The Balaban J connectivity index is 1.87. The van der Waals surface area contributed by atoms with E-state index in [4.69, 9.17) is 23.4 Å². The Morgan fingerprint density at radius 1 is 0.763 bits per heavy atom. The van der Waals surface area contributed by atoms with Gasteiger partial charge in [-0.25, -0.2) is 14.4 Å². The molecular formula is C25H22N2O11. The van der Waals surface area contributed by atoms with E-state index >= 15 is 0 Å². The van der Waals surface area contributed by atoms with Gasteiger partial charge >= 0.3 is 23.8 Å². The number of benzene rings is 2. The van der Waals surface area contributed by atoms with Crippen LogP contribution in [-0.2, 0) is 19.1 Å². The first-order chi connectivity index (χ1) is 18.2. The molecule has 2 atom stereocenters. The van der Waals surface area contributed by atoms with Crippen molar-refractivity contribution >= 4 is 29.7 Å². The Hall–Kier alpha value is -5.33. The first-order valence-corrected chi connectivity index (χ1v) is 10.8. The summed E-state index contributed by atoms with van der Waals surface area (Å²) in [6.45, 7) is 0. The van der Waals surface area contributed by atoms with E-state index in [0.29, 0.717) is 0 Å². The summed E-state index contributed by atoms with van der Waals surface area (Å²) in [6, 6.07) is 14.0. The van der Waals surface area contributed by atoms with Gasteiger partial charge in [0.25, 0.3) is 5.91 Å². The fourth-order valence-corrected chi connectivity index (χ4v) is 3.02. The highest BCUT2D eigenvalue weighted by Crippen LogP contribution is 2.18. The number of rotatable bonds is 10. The molecule has 3 aromatic rings. The zero-order valence-electron chi connectivity index (χ0n) is 20.0. The number of carboxylic acid groups (broad SMARTS) is 1. The highest BCUT2D eigenvalue weighted by molar-refractivity contribution is 5.98. The second kappa shape index (κ2) is 12.6. The monoisotopic (exact) mass is 526 g/mol. The molecule has 3 rings (SSSR count). The lowest BCUT2D eigenvalue weighted by Gasteiger charge is -2.23. The van der Waals surface area contributed by atoms with Crippen LogP contribution in [0.15, 0.2) is 71.3 Å². The topological polar surface area (TPSA) is 180 Å². The van der Waals surface area contributed by atoms with Crippen LogP contribution in [0, 0.1) is 0 Å². The van der Waals surface area contributed by atoms with Crippen molar-refractivity contribution in [2.24, 2.45) is 0 Å². The van der Waals surface area contributed by atoms with Gasteiger partial charge in [0, 0.05) is 0 Å². The minimum atomic E-state index is -2.32. The number of nitrogens with one attached hydrogen (secondary N) is 2. The molecule has 0 spiro atoms. The number of aliphatic carboxylic acids is 1. The SMILES string of the molecule is COc1cccc(C(=O)O[C@H](C(=O)NNC(=O)c2ccco2)[C@@H](OC(=O)c2cccc(OC)c2)C(=O)O)c1. The third-order valence-corrected chi connectivity index (χ3v) is 4.90. The predicted molar refractivity (Wildman–Crippen MR) is 126 cm³/mol. The lowest BCUT2D eigenvalue weighted by molar-refractivity contribution is -0.159.